The van der Waals surface area contributed by atoms with Gasteiger partial charge in [-0.2, -0.15) is 0 Å². The van der Waals surface area contributed by atoms with E-state index in [1.54, 1.807) is 17.0 Å². The second-order valence-corrected chi connectivity index (χ2v) is 8.73. The predicted octanol–water partition coefficient (Wildman–Crippen LogP) is 3.11. The standard InChI is InChI=1S/C17H26N2O3S2/c1-4-7-13(2)18-24(21,22)14-8-9-16(23-3)15(12-14)17(20)19-10-5-6-11-19/h8-9,12-13,18H,4-7,10-11H2,1-3H3/t13-/m0/s1. The predicted molar refractivity (Wildman–Crippen MR) is 98.1 cm³/mol. The molecule has 1 atom stereocenters. The maximum Gasteiger partial charge on any atom is 0.255 e. The van der Waals surface area contributed by atoms with E-state index in [1.807, 2.05) is 20.1 Å². The molecule has 1 N–H and O–H groups in total. The summed E-state index contributed by atoms with van der Waals surface area (Å²) in [5.41, 5.74) is 0.482. The molecule has 0 bridgehead atoms. The fourth-order valence-electron chi connectivity index (χ4n) is 2.94. The SMILES string of the molecule is CCC[C@H](C)NS(=O)(=O)c1ccc(SC)c(C(=O)N2CCCC2)c1. The smallest absolute Gasteiger partial charge is 0.255 e. The average molecular weight is 371 g/mol. The molecule has 1 aliphatic heterocycles. The van der Waals surface area contributed by atoms with Crippen LogP contribution < -0.4 is 4.72 Å². The summed E-state index contributed by atoms with van der Waals surface area (Å²) in [5, 5.41) is 0. The molecule has 0 aliphatic carbocycles. The van der Waals surface area contributed by atoms with Gasteiger partial charge in [0.05, 0.1) is 10.5 Å². The molecular formula is C17H26N2O3S2. The Hall–Kier alpha value is -1.05. The molecule has 1 fully saturated rings. The largest absolute Gasteiger partial charge is 0.339 e. The summed E-state index contributed by atoms with van der Waals surface area (Å²) in [5.74, 6) is -0.0736. The monoisotopic (exact) mass is 370 g/mol. The summed E-state index contributed by atoms with van der Waals surface area (Å²) in [6.45, 7) is 5.36. The highest BCUT2D eigenvalue weighted by atomic mass is 32.2. The van der Waals surface area contributed by atoms with Crippen molar-refractivity contribution in [2.45, 2.75) is 55.4 Å². The first kappa shape index (κ1) is 19.3. The van der Waals surface area contributed by atoms with Crippen molar-refractivity contribution in [2.24, 2.45) is 0 Å². The number of benzene rings is 1. The van der Waals surface area contributed by atoms with E-state index < -0.39 is 10.0 Å². The number of rotatable bonds is 7. The molecule has 1 aliphatic rings. The number of amides is 1. The zero-order chi connectivity index (χ0) is 17.7. The molecule has 1 saturated heterocycles. The third kappa shape index (κ3) is 4.52. The van der Waals surface area contributed by atoms with E-state index in [-0.39, 0.29) is 16.8 Å². The Balaban J connectivity index is 2.32. The Morgan fingerprint density at radius 1 is 1.33 bits per heavy atom. The van der Waals surface area contributed by atoms with E-state index in [1.165, 1.54) is 17.8 Å². The summed E-state index contributed by atoms with van der Waals surface area (Å²) in [6.07, 6.45) is 5.60. The van der Waals surface area contributed by atoms with E-state index in [0.29, 0.717) is 5.56 Å². The number of nitrogens with one attached hydrogen (secondary N) is 1. The Bertz CT molecular complexity index is 683. The Labute approximate surface area is 149 Å². The van der Waals surface area contributed by atoms with Crippen molar-refractivity contribution < 1.29 is 13.2 Å². The topological polar surface area (TPSA) is 66.5 Å². The van der Waals surface area contributed by atoms with Gasteiger partial charge >= 0.3 is 0 Å². The van der Waals surface area contributed by atoms with E-state index in [9.17, 15) is 13.2 Å². The van der Waals surface area contributed by atoms with E-state index in [4.69, 9.17) is 0 Å². The first-order valence-electron chi connectivity index (χ1n) is 8.38. The minimum absolute atomic E-state index is 0.0736. The molecule has 24 heavy (non-hydrogen) atoms. The Morgan fingerprint density at radius 2 is 2.00 bits per heavy atom. The van der Waals surface area contributed by atoms with Crippen molar-refractivity contribution in [1.82, 2.24) is 9.62 Å². The minimum atomic E-state index is -3.62. The van der Waals surface area contributed by atoms with Gasteiger partial charge in [0.25, 0.3) is 5.91 Å². The first-order valence-corrected chi connectivity index (χ1v) is 11.1. The molecule has 5 nitrogen and oxygen atoms in total. The molecule has 0 unspecified atom stereocenters. The molecule has 134 valence electrons. The van der Waals surface area contributed by atoms with Crippen molar-refractivity contribution in [3.63, 3.8) is 0 Å². The number of sulfonamides is 1. The molecule has 1 aromatic carbocycles. The molecule has 1 amide bonds. The highest BCUT2D eigenvalue weighted by Gasteiger charge is 2.25. The fraction of sp³-hybridized carbons (Fsp3) is 0.588. The van der Waals surface area contributed by atoms with Gasteiger partial charge in [0, 0.05) is 24.0 Å². The van der Waals surface area contributed by atoms with Crippen LogP contribution in [0.1, 0.15) is 49.9 Å². The van der Waals surface area contributed by atoms with Gasteiger partial charge in [-0.25, -0.2) is 13.1 Å². The molecule has 1 aromatic rings. The number of hydrogen-bond donors (Lipinski definition) is 1. The maximum absolute atomic E-state index is 12.7. The molecule has 0 aromatic heterocycles. The lowest BCUT2D eigenvalue weighted by molar-refractivity contribution is 0.0789. The summed E-state index contributed by atoms with van der Waals surface area (Å²) < 4.78 is 27.8. The molecule has 0 saturated carbocycles. The maximum atomic E-state index is 12.7. The summed E-state index contributed by atoms with van der Waals surface area (Å²) >= 11 is 1.46. The number of thioether (sulfide) groups is 1. The van der Waals surface area contributed by atoms with Crippen LogP contribution in [0.2, 0.25) is 0 Å². The molecule has 1 heterocycles. The van der Waals surface area contributed by atoms with Gasteiger partial charge in [0.2, 0.25) is 10.0 Å². The van der Waals surface area contributed by atoms with Crippen molar-refractivity contribution >= 4 is 27.7 Å². The van der Waals surface area contributed by atoms with Crippen LogP contribution in [-0.4, -0.2) is 44.6 Å². The van der Waals surface area contributed by atoms with E-state index >= 15 is 0 Å². The highest BCUT2D eigenvalue weighted by Crippen LogP contribution is 2.26. The van der Waals surface area contributed by atoms with Crippen LogP contribution in [-0.2, 0) is 10.0 Å². The van der Waals surface area contributed by atoms with E-state index in [2.05, 4.69) is 4.72 Å². The molecule has 7 heteroatoms. The second-order valence-electron chi connectivity index (χ2n) is 6.17. The quantitative estimate of drug-likeness (QED) is 0.749. The molecule has 0 spiro atoms. The van der Waals surface area contributed by atoms with Gasteiger partial charge in [0.1, 0.15) is 0 Å². The van der Waals surface area contributed by atoms with Crippen molar-refractivity contribution in [1.29, 1.82) is 0 Å². The Kier molecular flexibility index (Phi) is 6.71. The van der Waals surface area contributed by atoms with Gasteiger partial charge in [-0.1, -0.05) is 13.3 Å². The minimum Gasteiger partial charge on any atom is -0.339 e. The zero-order valence-electron chi connectivity index (χ0n) is 14.5. The van der Waals surface area contributed by atoms with Crippen LogP contribution in [0, 0.1) is 0 Å². The number of hydrogen-bond acceptors (Lipinski definition) is 4. The van der Waals surface area contributed by atoms with Crippen molar-refractivity contribution in [3.8, 4) is 0 Å². The fourth-order valence-corrected chi connectivity index (χ4v) is 4.81. The molecular weight excluding hydrogens is 344 g/mol. The number of carbonyl (C=O) groups is 1. The molecule has 2 rings (SSSR count). The Morgan fingerprint density at radius 3 is 2.58 bits per heavy atom. The second kappa shape index (κ2) is 8.36. The lowest BCUT2D eigenvalue weighted by Gasteiger charge is -2.18. The molecule has 0 radical (unpaired) electrons. The van der Waals surface area contributed by atoms with Gasteiger partial charge in [0.15, 0.2) is 0 Å². The van der Waals surface area contributed by atoms with Crippen LogP contribution in [0.4, 0.5) is 0 Å². The van der Waals surface area contributed by atoms with Gasteiger partial charge < -0.3 is 4.90 Å². The van der Waals surface area contributed by atoms with Crippen LogP contribution in [0.25, 0.3) is 0 Å². The summed E-state index contributed by atoms with van der Waals surface area (Å²) in [4.78, 5) is 15.5. The number of likely N-dealkylation sites (tertiary alicyclic amines) is 1. The van der Waals surface area contributed by atoms with Gasteiger partial charge in [-0.3, -0.25) is 4.79 Å². The first-order chi connectivity index (χ1) is 11.4. The lowest BCUT2D eigenvalue weighted by atomic mass is 10.2. The van der Waals surface area contributed by atoms with Gasteiger partial charge in [-0.05, 0) is 50.6 Å². The normalized spacial score (nSPS) is 16.4. The van der Waals surface area contributed by atoms with E-state index in [0.717, 1.165) is 43.7 Å². The number of nitrogens with zero attached hydrogens (tertiary/aromatic N) is 1. The number of carbonyl (C=O) groups excluding carboxylic acids is 1. The van der Waals surface area contributed by atoms with Crippen molar-refractivity contribution in [3.05, 3.63) is 23.8 Å². The highest BCUT2D eigenvalue weighted by molar-refractivity contribution is 7.98. The van der Waals surface area contributed by atoms with Crippen LogP contribution in [0.5, 0.6) is 0 Å². The van der Waals surface area contributed by atoms with Crippen molar-refractivity contribution in [2.75, 3.05) is 19.3 Å². The van der Waals surface area contributed by atoms with Crippen LogP contribution in [0.15, 0.2) is 28.0 Å². The average Bonchev–Trinajstić information content (AvgIpc) is 3.07. The lowest BCUT2D eigenvalue weighted by Crippen LogP contribution is -2.33. The van der Waals surface area contributed by atoms with Gasteiger partial charge in [-0.15, -0.1) is 11.8 Å². The third-order valence-corrected chi connectivity index (χ3v) is 6.57. The van der Waals surface area contributed by atoms with Crippen LogP contribution in [0.3, 0.4) is 0 Å². The summed E-state index contributed by atoms with van der Waals surface area (Å²) in [6, 6.07) is 4.70. The zero-order valence-corrected chi connectivity index (χ0v) is 16.2. The summed E-state index contributed by atoms with van der Waals surface area (Å²) in [7, 11) is -3.62. The third-order valence-electron chi connectivity index (χ3n) is 4.18. The van der Waals surface area contributed by atoms with Crippen LogP contribution >= 0.6 is 11.8 Å².